The summed E-state index contributed by atoms with van der Waals surface area (Å²) in [4.78, 5) is 10.6. The van der Waals surface area contributed by atoms with Gasteiger partial charge in [-0.2, -0.15) is 8.42 Å². The van der Waals surface area contributed by atoms with E-state index in [1.165, 1.54) is 12.1 Å². The van der Waals surface area contributed by atoms with Gasteiger partial charge < -0.3 is 20.1 Å². The second kappa shape index (κ2) is 6.91. The lowest BCUT2D eigenvalue weighted by Gasteiger charge is -2.21. The van der Waals surface area contributed by atoms with E-state index in [-0.39, 0.29) is 11.2 Å². The van der Waals surface area contributed by atoms with E-state index in [0.29, 0.717) is 0 Å². The van der Waals surface area contributed by atoms with Crippen molar-refractivity contribution in [2.24, 2.45) is 0 Å². The van der Waals surface area contributed by atoms with Gasteiger partial charge in [0.1, 0.15) is 12.2 Å². The number of benzene rings is 1. The molecule has 0 radical (unpaired) electrons. The normalized spacial score (nSPS) is 16.4. The molecule has 0 aliphatic heterocycles. The fourth-order valence-corrected chi connectivity index (χ4v) is 2.43. The number of aliphatic hydroxyl groups is 3. The van der Waals surface area contributed by atoms with Crippen molar-refractivity contribution in [1.29, 1.82) is 0 Å². The Morgan fingerprint density at radius 1 is 1.25 bits per heavy atom. The third-order valence-corrected chi connectivity index (χ3v) is 3.92. The van der Waals surface area contributed by atoms with Gasteiger partial charge in [-0.05, 0) is 19.1 Å². The van der Waals surface area contributed by atoms with Gasteiger partial charge in [-0.15, -0.1) is 0 Å². The predicted octanol–water partition coefficient (Wildman–Crippen LogP) is -1.02. The Kier molecular flexibility index (Phi) is 5.78. The fourth-order valence-electron chi connectivity index (χ4n) is 1.39. The number of carbonyl (C=O) groups is 1. The van der Waals surface area contributed by atoms with E-state index in [2.05, 4.69) is 4.18 Å². The van der Waals surface area contributed by atoms with Crippen molar-refractivity contribution in [3.8, 4) is 0 Å². The quantitative estimate of drug-likeness (QED) is 0.435. The number of hydrogen-bond donors (Lipinski definition) is 3. The van der Waals surface area contributed by atoms with Gasteiger partial charge in [0.15, 0.2) is 12.4 Å². The van der Waals surface area contributed by atoms with Crippen LogP contribution in [0.25, 0.3) is 0 Å². The van der Waals surface area contributed by atoms with Crippen molar-refractivity contribution >= 4 is 16.4 Å². The average Bonchev–Trinajstić information content (AvgIpc) is 2.43. The van der Waals surface area contributed by atoms with Crippen molar-refractivity contribution in [3.63, 3.8) is 0 Å². The molecule has 3 atom stereocenters. The predicted molar refractivity (Wildman–Crippen MR) is 68.4 cm³/mol. The third kappa shape index (κ3) is 4.09. The minimum atomic E-state index is -4.26. The van der Waals surface area contributed by atoms with Crippen molar-refractivity contribution in [1.82, 2.24) is 0 Å². The van der Waals surface area contributed by atoms with Crippen LogP contribution in [0.3, 0.4) is 0 Å². The average molecular weight is 304 g/mol. The molecule has 0 spiro atoms. The molecule has 0 aliphatic rings. The molecule has 0 saturated heterocycles. The van der Waals surface area contributed by atoms with Gasteiger partial charge in [0.25, 0.3) is 10.1 Å². The molecule has 0 aromatic heterocycles. The summed E-state index contributed by atoms with van der Waals surface area (Å²) in [5.41, 5.74) is 0.839. The second-order valence-corrected chi connectivity index (χ2v) is 5.78. The highest BCUT2D eigenvalue weighted by Gasteiger charge is 2.31. The number of hydrogen-bond acceptors (Lipinski definition) is 7. The van der Waals surface area contributed by atoms with Gasteiger partial charge in [-0.25, -0.2) is 0 Å². The molecule has 7 nitrogen and oxygen atoms in total. The molecule has 0 bridgehead atoms. The zero-order valence-corrected chi connectivity index (χ0v) is 11.5. The van der Waals surface area contributed by atoms with Crippen molar-refractivity contribution < 1.29 is 32.7 Å². The SMILES string of the molecule is Cc1ccc(S(=O)(=O)O[C@@H](C=O)[C@H](O)[C@H](O)CO)cc1. The van der Waals surface area contributed by atoms with Gasteiger partial charge in [0.2, 0.25) is 0 Å². The molecular formula is C12H16O7S. The number of aryl methyl sites for hydroxylation is 1. The standard InChI is InChI=1S/C12H16O7S/c1-8-2-4-9(5-3-8)20(17,18)19-11(7-14)12(16)10(15)6-13/h2-5,7,10-13,15-16H,6H2,1H3/t10-,11+,12-/m1/s1. The maximum atomic E-state index is 11.9. The monoisotopic (exact) mass is 304 g/mol. The van der Waals surface area contributed by atoms with E-state index in [1.807, 2.05) is 0 Å². The Morgan fingerprint density at radius 3 is 2.25 bits per heavy atom. The first-order chi connectivity index (χ1) is 9.31. The first-order valence-corrected chi connectivity index (χ1v) is 7.15. The zero-order chi connectivity index (χ0) is 15.3. The Hall–Kier alpha value is -1.32. The van der Waals surface area contributed by atoms with Gasteiger partial charge >= 0.3 is 0 Å². The van der Waals surface area contributed by atoms with E-state index < -0.39 is 35.0 Å². The van der Waals surface area contributed by atoms with E-state index in [1.54, 1.807) is 19.1 Å². The van der Waals surface area contributed by atoms with Crippen molar-refractivity contribution in [3.05, 3.63) is 29.8 Å². The van der Waals surface area contributed by atoms with Crippen LogP contribution >= 0.6 is 0 Å². The molecular weight excluding hydrogens is 288 g/mol. The summed E-state index contributed by atoms with van der Waals surface area (Å²) in [6, 6.07) is 5.68. The Balaban J connectivity index is 2.93. The molecule has 0 aliphatic carbocycles. The molecule has 8 heteroatoms. The molecule has 1 rings (SSSR count). The maximum absolute atomic E-state index is 11.9. The lowest BCUT2D eigenvalue weighted by Crippen LogP contribution is -2.42. The minimum absolute atomic E-state index is 0.0509. The maximum Gasteiger partial charge on any atom is 0.297 e. The summed E-state index contributed by atoms with van der Waals surface area (Å²) < 4.78 is 28.4. The number of carbonyl (C=O) groups excluding carboxylic acids is 1. The van der Waals surface area contributed by atoms with Crippen LogP contribution in [0.5, 0.6) is 0 Å². The molecule has 0 fully saturated rings. The van der Waals surface area contributed by atoms with Crippen LogP contribution in [-0.4, -0.2) is 54.9 Å². The van der Waals surface area contributed by atoms with Gasteiger partial charge in [-0.1, -0.05) is 17.7 Å². The molecule has 20 heavy (non-hydrogen) atoms. The molecule has 0 unspecified atom stereocenters. The first-order valence-electron chi connectivity index (χ1n) is 5.74. The van der Waals surface area contributed by atoms with Crippen LogP contribution in [0.1, 0.15) is 5.56 Å². The summed E-state index contributed by atoms with van der Waals surface area (Å²) >= 11 is 0. The van der Waals surface area contributed by atoms with Crippen LogP contribution in [-0.2, 0) is 19.1 Å². The lowest BCUT2D eigenvalue weighted by molar-refractivity contribution is -0.124. The summed E-state index contributed by atoms with van der Waals surface area (Å²) in [7, 11) is -4.26. The molecule has 3 N–H and O–H groups in total. The van der Waals surface area contributed by atoms with E-state index in [0.717, 1.165) is 5.56 Å². The number of aldehydes is 1. The smallest absolute Gasteiger partial charge is 0.297 e. The second-order valence-electron chi connectivity index (χ2n) is 4.20. The van der Waals surface area contributed by atoms with Gasteiger partial charge in [0, 0.05) is 0 Å². The molecule has 0 amide bonds. The molecule has 0 saturated carbocycles. The number of rotatable bonds is 7. The van der Waals surface area contributed by atoms with Crippen LogP contribution < -0.4 is 0 Å². The highest BCUT2D eigenvalue weighted by atomic mass is 32.2. The summed E-state index contributed by atoms with van der Waals surface area (Å²) in [6.07, 6.45) is -5.28. The highest BCUT2D eigenvalue weighted by molar-refractivity contribution is 7.86. The Bertz CT molecular complexity index is 537. The minimum Gasteiger partial charge on any atom is -0.394 e. The number of aliphatic hydroxyl groups excluding tert-OH is 3. The topological polar surface area (TPSA) is 121 Å². The lowest BCUT2D eigenvalue weighted by atomic mass is 10.1. The molecule has 1 aromatic rings. The van der Waals surface area contributed by atoms with E-state index >= 15 is 0 Å². The van der Waals surface area contributed by atoms with Crippen LogP contribution in [0, 0.1) is 6.92 Å². The molecule has 112 valence electrons. The van der Waals surface area contributed by atoms with Gasteiger partial charge in [0.05, 0.1) is 11.5 Å². The molecule has 1 aromatic carbocycles. The van der Waals surface area contributed by atoms with Crippen molar-refractivity contribution in [2.45, 2.75) is 30.1 Å². The Morgan fingerprint density at radius 2 is 1.80 bits per heavy atom. The van der Waals surface area contributed by atoms with Crippen LogP contribution in [0.4, 0.5) is 0 Å². The largest absolute Gasteiger partial charge is 0.394 e. The summed E-state index contributed by atoms with van der Waals surface area (Å²) in [5.74, 6) is 0. The van der Waals surface area contributed by atoms with E-state index in [9.17, 15) is 23.4 Å². The summed E-state index contributed by atoms with van der Waals surface area (Å²) in [5, 5.41) is 27.4. The van der Waals surface area contributed by atoms with E-state index in [4.69, 9.17) is 5.11 Å². The molecule has 0 heterocycles. The highest BCUT2D eigenvalue weighted by Crippen LogP contribution is 2.16. The summed E-state index contributed by atoms with van der Waals surface area (Å²) in [6.45, 7) is 0.937. The van der Waals surface area contributed by atoms with Crippen molar-refractivity contribution in [2.75, 3.05) is 6.61 Å². The fraction of sp³-hybridized carbons (Fsp3) is 0.417. The van der Waals surface area contributed by atoms with Crippen LogP contribution in [0.15, 0.2) is 29.2 Å². The first kappa shape index (κ1) is 16.7. The van der Waals surface area contributed by atoms with Gasteiger partial charge in [-0.3, -0.25) is 4.18 Å². The van der Waals surface area contributed by atoms with Crippen LogP contribution in [0.2, 0.25) is 0 Å². The zero-order valence-electron chi connectivity index (χ0n) is 10.7. The Labute approximate surface area is 116 Å². The third-order valence-electron chi connectivity index (χ3n) is 2.60.